The lowest BCUT2D eigenvalue weighted by atomic mass is 10.2. The molecule has 0 saturated heterocycles. The van der Waals surface area contributed by atoms with Crippen molar-refractivity contribution in [2.75, 3.05) is 5.32 Å². The summed E-state index contributed by atoms with van der Waals surface area (Å²) in [5, 5.41) is 21.8. The van der Waals surface area contributed by atoms with Gasteiger partial charge in [0.1, 0.15) is 11.5 Å². The highest BCUT2D eigenvalue weighted by Gasteiger charge is 2.28. The zero-order valence-corrected chi connectivity index (χ0v) is 15.1. The Morgan fingerprint density at radius 3 is 2.93 bits per heavy atom. The Bertz CT molecular complexity index is 1150. The Balaban J connectivity index is 1.35. The number of amides is 1. The van der Waals surface area contributed by atoms with Gasteiger partial charge in [0.15, 0.2) is 17.3 Å². The summed E-state index contributed by atoms with van der Waals surface area (Å²) in [6.45, 7) is 1.86. The number of H-pyrrole nitrogens is 1. The molecule has 1 aromatic carbocycles. The van der Waals surface area contributed by atoms with E-state index in [2.05, 4.69) is 31.0 Å². The lowest BCUT2D eigenvalue weighted by Crippen LogP contribution is -2.12. The van der Waals surface area contributed by atoms with Crippen molar-refractivity contribution < 1.29 is 9.21 Å². The lowest BCUT2D eigenvalue weighted by molar-refractivity contribution is 0.102. The molecule has 5 rings (SSSR count). The molecular weight excluding hydrogens is 358 g/mol. The molecule has 1 fully saturated rings. The molecule has 9 nitrogen and oxygen atoms in total. The summed E-state index contributed by atoms with van der Waals surface area (Å²) < 4.78 is 7.39. The quantitative estimate of drug-likeness (QED) is 0.553. The molecule has 0 aliphatic heterocycles. The number of hydrogen-bond donors (Lipinski definition) is 2. The highest BCUT2D eigenvalue weighted by atomic mass is 16.3. The van der Waals surface area contributed by atoms with E-state index in [1.807, 2.05) is 48.0 Å². The van der Waals surface area contributed by atoms with Gasteiger partial charge in [0.05, 0.1) is 6.04 Å². The van der Waals surface area contributed by atoms with Crippen molar-refractivity contribution in [2.45, 2.75) is 25.8 Å². The van der Waals surface area contributed by atoms with Gasteiger partial charge in [0, 0.05) is 17.3 Å². The number of aromatic nitrogens is 6. The van der Waals surface area contributed by atoms with Crippen molar-refractivity contribution in [3.63, 3.8) is 0 Å². The number of hydrogen-bond acceptors (Lipinski definition) is 6. The Labute approximate surface area is 159 Å². The van der Waals surface area contributed by atoms with Crippen molar-refractivity contribution in [3.8, 4) is 22.8 Å². The molecule has 0 spiro atoms. The van der Waals surface area contributed by atoms with E-state index < -0.39 is 0 Å². The average Bonchev–Trinajstić information content (AvgIpc) is 3.11. The normalized spacial score (nSPS) is 13.6. The predicted octanol–water partition coefficient (Wildman–Crippen LogP) is 3.22. The van der Waals surface area contributed by atoms with Gasteiger partial charge in [-0.1, -0.05) is 12.1 Å². The van der Waals surface area contributed by atoms with E-state index in [1.54, 1.807) is 6.07 Å². The molecule has 2 N–H and O–H groups in total. The highest BCUT2D eigenvalue weighted by molar-refractivity contribution is 6.03. The second-order valence-electron chi connectivity index (χ2n) is 6.79. The van der Waals surface area contributed by atoms with Gasteiger partial charge in [0.2, 0.25) is 0 Å². The van der Waals surface area contributed by atoms with Gasteiger partial charge in [-0.15, -0.1) is 5.10 Å². The molecule has 1 aliphatic carbocycles. The van der Waals surface area contributed by atoms with Gasteiger partial charge in [-0.05, 0) is 54.5 Å². The van der Waals surface area contributed by atoms with E-state index in [-0.39, 0.29) is 11.6 Å². The molecule has 0 atom stereocenters. The number of tetrazole rings is 1. The van der Waals surface area contributed by atoms with E-state index in [0.717, 1.165) is 24.2 Å². The maximum absolute atomic E-state index is 12.6. The topological polar surface area (TPSA) is 115 Å². The molecule has 0 radical (unpaired) electrons. The molecular formula is C19H17N7O2. The van der Waals surface area contributed by atoms with E-state index in [1.165, 1.54) is 0 Å². The van der Waals surface area contributed by atoms with Gasteiger partial charge in [0.25, 0.3) is 5.91 Å². The molecule has 1 saturated carbocycles. The number of nitrogens with one attached hydrogen (secondary N) is 2. The summed E-state index contributed by atoms with van der Waals surface area (Å²) in [4.78, 5) is 12.6. The smallest absolute Gasteiger partial charge is 0.276 e. The number of aryl methyl sites for hydroxylation is 1. The van der Waals surface area contributed by atoms with Gasteiger partial charge in [-0.25, -0.2) is 4.68 Å². The van der Waals surface area contributed by atoms with Crippen LogP contribution in [0.15, 0.2) is 46.9 Å². The molecule has 3 heterocycles. The van der Waals surface area contributed by atoms with Crippen molar-refractivity contribution in [1.82, 2.24) is 30.4 Å². The minimum atomic E-state index is -0.315. The second kappa shape index (κ2) is 6.45. The number of carbonyl (C=O) groups is 1. The van der Waals surface area contributed by atoms with Gasteiger partial charge in [-0.3, -0.25) is 9.89 Å². The Hall–Kier alpha value is -3.75. The standard InChI is InChI=1S/C19H17N7O2/c1-11-5-8-17(28-11)15-10-16(22-21-15)19(27)20-13-4-2-3-12(9-13)18-23-24-25-26(18)14-6-7-14/h2-5,8-10,14H,6-7H2,1H3,(H,20,27)(H,21,22). The summed E-state index contributed by atoms with van der Waals surface area (Å²) in [6, 6.07) is 13.2. The lowest BCUT2D eigenvalue weighted by Gasteiger charge is -2.06. The van der Waals surface area contributed by atoms with Gasteiger partial charge >= 0.3 is 0 Å². The fraction of sp³-hybridized carbons (Fsp3) is 0.211. The van der Waals surface area contributed by atoms with Crippen LogP contribution in [0.4, 0.5) is 5.69 Å². The van der Waals surface area contributed by atoms with Crippen LogP contribution in [-0.4, -0.2) is 36.3 Å². The summed E-state index contributed by atoms with van der Waals surface area (Å²) in [6.07, 6.45) is 2.18. The van der Waals surface area contributed by atoms with Crippen molar-refractivity contribution >= 4 is 11.6 Å². The number of benzene rings is 1. The summed E-state index contributed by atoms with van der Waals surface area (Å²) in [7, 11) is 0. The third kappa shape index (κ3) is 3.07. The molecule has 3 aromatic heterocycles. The number of rotatable bonds is 5. The zero-order chi connectivity index (χ0) is 19.1. The van der Waals surface area contributed by atoms with Crippen LogP contribution in [0.25, 0.3) is 22.8 Å². The van der Waals surface area contributed by atoms with Crippen LogP contribution in [0.3, 0.4) is 0 Å². The Morgan fingerprint density at radius 2 is 2.14 bits per heavy atom. The average molecular weight is 375 g/mol. The first-order chi connectivity index (χ1) is 13.7. The van der Waals surface area contributed by atoms with Crippen molar-refractivity contribution in [2.24, 2.45) is 0 Å². The molecule has 4 aromatic rings. The molecule has 140 valence electrons. The van der Waals surface area contributed by atoms with E-state index in [0.29, 0.717) is 29.0 Å². The first-order valence-electron chi connectivity index (χ1n) is 8.99. The molecule has 0 unspecified atom stereocenters. The SMILES string of the molecule is Cc1ccc(-c2cc(C(=O)Nc3cccc(-c4nnnn4C4CC4)c3)n[nH]2)o1. The first kappa shape index (κ1) is 16.4. The van der Waals surface area contributed by atoms with Crippen LogP contribution in [-0.2, 0) is 0 Å². The third-order valence-electron chi connectivity index (χ3n) is 4.58. The molecule has 28 heavy (non-hydrogen) atoms. The fourth-order valence-corrected chi connectivity index (χ4v) is 3.02. The highest BCUT2D eigenvalue weighted by Crippen LogP contribution is 2.36. The van der Waals surface area contributed by atoms with Gasteiger partial charge < -0.3 is 9.73 Å². The molecule has 0 bridgehead atoms. The van der Waals surface area contributed by atoms with Gasteiger partial charge in [-0.2, -0.15) is 5.10 Å². The summed E-state index contributed by atoms with van der Waals surface area (Å²) in [5.41, 5.74) is 2.42. The number of furan rings is 1. The minimum Gasteiger partial charge on any atom is -0.460 e. The maximum atomic E-state index is 12.6. The summed E-state index contributed by atoms with van der Waals surface area (Å²) >= 11 is 0. The monoisotopic (exact) mass is 375 g/mol. The maximum Gasteiger partial charge on any atom is 0.276 e. The van der Waals surface area contributed by atoms with Crippen molar-refractivity contribution in [1.29, 1.82) is 0 Å². The first-order valence-corrected chi connectivity index (χ1v) is 8.99. The Morgan fingerprint density at radius 1 is 1.25 bits per heavy atom. The second-order valence-corrected chi connectivity index (χ2v) is 6.79. The van der Waals surface area contributed by atoms with Crippen LogP contribution >= 0.6 is 0 Å². The zero-order valence-electron chi connectivity index (χ0n) is 15.1. The van der Waals surface area contributed by atoms with E-state index in [4.69, 9.17) is 4.42 Å². The number of anilines is 1. The van der Waals surface area contributed by atoms with Crippen LogP contribution in [0.2, 0.25) is 0 Å². The fourth-order valence-electron chi connectivity index (χ4n) is 3.02. The minimum absolute atomic E-state index is 0.275. The molecule has 1 amide bonds. The van der Waals surface area contributed by atoms with Crippen LogP contribution in [0.5, 0.6) is 0 Å². The summed E-state index contributed by atoms with van der Waals surface area (Å²) in [5.74, 6) is 1.82. The number of aromatic amines is 1. The van der Waals surface area contributed by atoms with Crippen LogP contribution < -0.4 is 5.32 Å². The number of nitrogens with zero attached hydrogens (tertiary/aromatic N) is 5. The number of carbonyl (C=O) groups excluding carboxylic acids is 1. The Kier molecular flexibility index (Phi) is 3.78. The molecule has 1 aliphatic rings. The van der Waals surface area contributed by atoms with E-state index in [9.17, 15) is 4.79 Å². The molecule has 9 heteroatoms. The largest absolute Gasteiger partial charge is 0.460 e. The van der Waals surface area contributed by atoms with Crippen LogP contribution in [0.1, 0.15) is 35.1 Å². The van der Waals surface area contributed by atoms with E-state index >= 15 is 0 Å². The van der Waals surface area contributed by atoms with Crippen LogP contribution in [0, 0.1) is 6.92 Å². The predicted molar refractivity (Wildman–Crippen MR) is 101 cm³/mol. The van der Waals surface area contributed by atoms with Crippen molar-refractivity contribution in [3.05, 3.63) is 53.9 Å². The third-order valence-corrected chi connectivity index (χ3v) is 4.58.